The molecule has 0 spiro atoms. The van der Waals surface area contributed by atoms with Crippen LogP contribution < -0.4 is 4.90 Å². The first-order valence-electron chi connectivity index (χ1n) is 8.40. The van der Waals surface area contributed by atoms with Crippen molar-refractivity contribution in [2.75, 3.05) is 25.5 Å². The molecular formula is C19H26N4O. The Morgan fingerprint density at radius 2 is 1.96 bits per heavy atom. The lowest BCUT2D eigenvalue weighted by atomic mass is 10.2. The Labute approximate surface area is 144 Å². The zero-order valence-electron chi connectivity index (χ0n) is 14.8. The summed E-state index contributed by atoms with van der Waals surface area (Å²) in [5.41, 5.74) is 2.13. The van der Waals surface area contributed by atoms with Crippen molar-refractivity contribution in [3.05, 3.63) is 54.0 Å². The van der Waals surface area contributed by atoms with E-state index >= 15 is 0 Å². The number of amides is 1. The maximum atomic E-state index is 11.8. The quantitative estimate of drug-likeness (QED) is 0.748. The predicted molar refractivity (Wildman–Crippen MR) is 96.8 cm³/mol. The second kappa shape index (κ2) is 9.01. The molecule has 24 heavy (non-hydrogen) atoms. The molecule has 0 aliphatic rings. The van der Waals surface area contributed by atoms with Crippen LogP contribution in [0.15, 0.2) is 42.7 Å². The third-order valence-corrected chi connectivity index (χ3v) is 3.94. The van der Waals surface area contributed by atoms with E-state index in [9.17, 15) is 4.79 Å². The highest BCUT2D eigenvalue weighted by Gasteiger charge is 2.09. The number of likely N-dealkylation sites (N-methyl/N-ethyl adjacent to an activating group) is 1. The normalized spacial score (nSPS) is 10.5. The molecule has 0 bridgehead atoms. The van der Waals surface area contributed by atoms with Crippen molar-refractivity contribution in [2.24, 2.45) is 0 Å². The lowest BCUT2D eigenvalue weighted by Gasteiger charge is -2.20. The monoisotopic (exact) mass is 326 g/mol. The van der Waals surface area contributed by atoms with Gasteiger partial charge in [-0.05, 0) is 30.2 Å². The van der Waals surface area contributed by atoms with E-state index in [1.165, 1.54) is 0 Å². The maximum absolute atomic E-state index is 11.8. The lowest BCUT2D eigenvalue weighted by molar-refractivity contribution is -0.130. The summed E-state index contributed by atoms with van der Waals surface area (Å²) >= 11 is 0. The molecule has 128 valence electrons. The molecule has 5 heteroatoms. The topological polar surface area (TPSA) is 49.3 Å². The second-order valence-corrected chi connectivity index (χ2v) is 6.02. The number of anilines is 1. The van der Waals surface area contributed by atoms with Gasteiger partial charge in [0.2, 0.25) is 5.91 Å². The van der Waals surface area contributed by atoms with Crippen LogP contribution in [0.3, 0.4) is 0 Å². The standard InChI is InChI=1S/C19H26N4O/c1-4-7-19(24)23(3)15-16-9-10-18(21-14-16)22(2)13-11-17-8-5-6-12-20-17/h5-6,8-10,12,14H,4,7,11,13,15H2,1-3H3. The highest BCUT2D eigenvalue weighted by Crippen LogP contribution is 2.12. The predicted octanol–water partition coefficient (Wildman–Crippen LogP) is 2.91. The van der Waals surface area contributed by atoms with Gasteiger partial charge in [0.15, 0.2) is 0 Å². The van der Waals surface area contributed by atoms with Crippen LogP contribution in [0, 0.1) is 0 Å². The van der Waals surface area contributed by atoms with Crippen molar-refractivity contribution in [3.8, 4) is 0 Å². The van der Waals surface area contributed by atoms with Gasteiger partial charge in [-0.15, -0.1) is 0 Å². The van der Waals surface area contributed by atoms with Crippen LogP contribution in [0.2, 0.25) is 0 Å². The van der Waals surface area contributed by atoms with Gasteiger partial charge in [-0.1, -0.05) is 19.1 Å². The summed E-state index contributed by atoms with van der Waals surface area (Å²) in [6, 6.07) is 10.0. The molecule has 0 radical (unpaired) electrons. The average molecular weight is 326 g/mol. The highest BCUT2D eigenvalue weighted by atomic mass is 16.2. The summed E-state index contributed by atoms with van der Waals surface area (Å²) in [6.45, 7) is 3.48. The Balaban J connectivity index is 1.87. The Morgan fingerprint density at radius 3 is 2.58 bits per heavy atom. The Hall–Kier alpha value is -2.43. The SMILES string of the molecule is CCCC(=O)N(C)Cc1ccc(N(C)CCc2ccccn2)nc1. The van der Waals surface area contributed by atoms with Gasteiger partial charge in [0, 0.05) is 58.1 Å². The summed E-state index contributed by atoms with van der Waals surface area (Å²) < 4.78 is 0. The molecule has 2 heterocycles. The second-order valence-electron chi connectivity index (χ2n) is 6.02. The smallest absolute Gasteiger partial charge is 0.222 e. The molecule has 2 aromatic heterocycles. The van der Waals surface area contributed by atoms with E-state index in [0.717, 1.165) is 36.5 Å². The molecule has 0 atom stereocenters. The summed E-state index contributed by atoms with van der Waals surface area (Å²) in [4.78, 5) is 24.6. The summed E-state index contributed by atoms with van der Waals surface area (Å²) in [5, 5.41) is 0. The number of hydrogen-bond donors (Lipinski definition) is 0. The number of aromatic nitrogens is 2. The first kappa shape index (κ1) is 17.9. The third-order valence-electron chi connectivity index (χ3n) is 3.94. The summed E-state index contributed by atoms with van der Waals surface area (Å²) in [5.74, 6) is 1.10. The number of nitrogens with zero attached hydrogens (tertiary/aromatic N) is 4. The minimum absolute atomic E-state index is 0.175. The van der Waals surface area contributed by atoms with Crippen molar-refractivity contribution in [2.45, 2.75) is 32.7 Å². The Morgan fingerprint density at radius 1 is 1.12 bits per heavy atom. The molecule has 0 saturated carbocycles. The fraction of sp³-hybridized carbons (Fsp3) is 0.421. The fourth-order valence-electron chi connectivity index (χ4n) is 2.45. The molecule has 0 aromatic carbocycles. The van der Waals surface area contributed by atoms with Gasteiger partial charge in [0.25, 0.3) is 0 Å². The first-order valence-corrected chi connectivity index (χ1v) is 8.40. The largest absolute Gasteiger partial charge is 0.359 e. The van der Waals surface area contributed by atoms with Crippen LogP contribution in [0.25, 0.3) is 0 Å². The van der Waals surface area contributed by atoms with Crippen LogP contribution in [0.5, 0.6) is 0 Å². The van der Waals surface area contributed by atoms with E-state index < -0.39 is 0 Å². The van der Waals surface area contributed by atoms with E-state index in [1.807, 2.05) is 63.7 Å². The average Bonchev–Trinajstić information content (AvgIpc) is 2.61. The van der Waals surface area contributed by atoms with Crippen LogP contribution >= 0.6 is 0 Å². The number of rotatable bonds is 8. The minimum Gasteiger partial charge on any atom is -0.359 e. The zero-order valence-corrected chi connectivity index (χ0v) is 14.8. The van der Waals surface area contributed by atoms with Crippen LogP contribution in [-0.4, -0.2) is 41.4 Å². The molecule has 0 aliphatic carbocycles. The van der Waals surface area contributed by atoms with E-state index in [2.05, 4.69) is 14.9 Å². The first-order chi connectivity index (χ1) is 11.6. The summed E-state index contributed by atoms with van der Waals surface area (Å²) in [6.07, 6.45) is 6.02. The lowest BCUT2D eigenvalue weighted by Crippen LogP contribution is -2.26. The van der Waals surface area contributed by atoms with Gasteiger partial charge >= 0.3 is 0 Å². The van der Waals surface area contributed by atoms with E-state index in [1.54, 1.807) is 4.90 Å². The van der Waals surface area contributed by atoms with Crippen molar-refractivity contribution >= 4 is 11.7 Å². The molecule has 2 rings (SSSR count). The molecule has 2 aromatic rings. The van der Waals surface area contributed by atoms with Crippen LogP contribution in [0.4, 0.5) is 5.82 Å². The van der Waals surface area contributed by atoms with Crippen LogP contribution in [0.1, 0.15) is 31.0 Å². The molecule has 1 amide bonds. The van der Waals surface area contributed by atoms with Crippen molar-refractivity contribution in [1.29, 1.82) is 0 Å². The fourth-order valence-corrected chi connectivity index (χ4v) is 2.45. The molecule has 0 aliphatic heterocycles. The van der Waals surface area contributed by atoms with Crippen LogP contribution in [-0.2, 0) is 17.8 Å². The van der Waals surface area contributed by atoms with E-state index in [0.29, 0.717) is 13.0 Å². The number of pyridine rings is 2. The molecule has 0 N–H and O–H groups in total. The van der Waals surface area contributed by atoms with Crippen molar-refractivity contribution in [3.63, 3.8) is 0 Å². The van der Waals surface area contributed by atoms with Gasteiger partial charge in [0.1, 0.15) is 5.82 Å². The molecule has 0 unspecified atom stereocenters. The van der Waals surface area contributed by atoms with Gasteiger partial charge in [0.05, 0.1) is 0 Å². The molecular weight excluding hydrogens is 300 g/mol. The van der Waals surface area contributed by atoms with Gasteiger partial charge in [-0.3, -0.25) is 9.78 Å². The van der Waals surface area contributed by atoms with E-state index in [-0.39, 0.29) is 5.91 Å². The minimum atomic E-state index is 0.175. The highest BCUT2D eigenvalue weighted by molar-refractivity contribution is 5.75. The zero-order chi connectivity index (χ0) is 17.4. The molecule has 0 saturated heterocycles. The third kappa shape index (κ3) is 5.33. The summed E-state index contributed by atoms with van der Waals surface area (Å²) in [7, 11) is 3.87. The number of carbonyl (C=O) groups excluding carboxylic acids is 1. The Bertz CT molecular complexity index is 628. The van der Waals surface area contributed by atoms with Gasteiger partial charge in [-0.25, -0.2) is 4.98 Å². The Kier molecular flexibility index (Phi) is 6.73. The van der Waals surface area contributed by atoms with Crippen molar-refractivity contribution in [1.82, 2.24) is 14.9 Å². The number of hydrogen-bond acceptors (Lipinski definition) is 4. The number of carbonyl (C=O) groups is 1. The molecule has 5 nitrogen and oxygen atoms in total. The maximum Gasteiger partial charge on any atom is 0.222 e. The van der Waals surface area contributed by atoms with Gasteiger partial charge < -0.3 is 9.80 Å². The van der Waals surface area contributed by atoms with Gasteiger partial charge in [-0.2, -0.15) is 0 Å². The van der Waals surface area contributed by atoms with Crippen molar-refractivity contribution < 1.29 is 4.79 Å². The molecule has 0 fully saturated rings. The van der Waals surface area contributed by atoms with E-state index in [4.69, 9.17) is 0 Å².